The summed E-state index contributed by atoms with van der Waals surface area (Å²) in [7, 11) is 0. The highest BCUT2D eigenvalue weighted by atomic mass is 14.9. The summed E-state index contributed by atoms with van der Waals surface area (Å²) in [5.41, 5.74) is 1.36. The van der Waals surface area contributed by atoms with Crippen LogP contribution in [0.1, 0.15) is 62.9 Å². The molecule has 1 aliphatic rings. The second-order valence-electron chi connectivity index (χ2n) is 4.19. The van der Waals surface area contributed by atoms with E-state index in [1.165, 1.54) is 37.2 Å². The SMILES string of the molecule is CCCC(C)c1ncc(C2CC2)[nH]1. The van der Waals surface area contributed by atoms with Crippen molar-refractivity contribution in [2.45, 2.75) is 51.4 Å². The molecule has 0 bridgehead atoms. The molecule has 1 heterocycles. The van der Waals surface area contributed by atoms with Crippen LogP contribution in [-0.4, -0.2) is 9.97 Å². The number of hydrogen-bond donors (Lipinski definition) is 1. The zero-order valence-electron chi connectivity index (χ0n) is 8.51. The largest absolute Gasteiger partial charge is 0.345 e. The number of imidazole rings is 1. The molecule has 0 aliphatic heterocycles. The van der Waals surface area contributed by atoms with E-state index in [4.69, 9.17) is 0 Å². The molecule has 1 fully saturated rings. The fraction of sp³-hybridized carbons (Fsp3) is 0.727. The Morgan fingerprint density at radius 3 is 3.00 bits per heavy atom. The van der Waals surface area contributed by atoms with Gasteiger partial charge in [0.05, 0.1) is 0 Å². The van der Waals surface area contributed by atoms with Crippen LogP contribution in [0, 0.1) is 0 Å². The van der Waals surface area contributed by atoms with Gasteiger partial charge >= 0.3 is 0 Å². The van der Waals surface area contributed by atoms with Crippen molar-refractivity contribution in [3.05, 3.63) is 17.7 Å². The summed E-state index contributed by atoms with van der Waals surface area (Å²) in [5, 5.41) is 0. The maximum Gasteiger partial charge on any atom is 0.109 e. The molecule has 0 amide bonds. The van der Waals surface area contributed by atoms with Crippen LogP contribution < -0.4 is 0 Å². The Balaban J connectivity index is 2.03. The first-order valence-corrected chi connectivity index (χ1v) is 5.36. The van der Waals surface area contributed by atoms with Gasteiger partial charge in [-0.1, -0.05) is 20.3 Å². The minimum absolute atomic E-state index is 0.595. The van der Waals surface area contributed by atoms with E-state index in [-0.39, 0.29) is 0 Å². The summed E-state index contributed by atoms with van der Waals surface area (Å²) >= 11 is 0. The van der Waals surface area contributed by atoms with E-state index >= 15 is 0 Å². The van der Waals surface area contributed by atoms with Crippen LogP contribution in [0.5, 0.6) is 0 Å². The number of H-pyrrole nitrogens is 1. The van der Waals surface area contributed by atoms with Crippen LogP contribution in [0.3, 0.4) is 0 Å². The minimum Gasteiger partial charge on any atom is -0.345 e. The third-order valence-corrected chi connectivity index (χ3v) is 2.82. The minimum atomic E-state index is 0.595. The molecule has 1 unspecified atom stereocenters. The van der Waals surface area contributed by atoms with E-state index in [9.17, 15) is 0 Å². The molecule has 1 saturated carbocycles. The predicted molar refractivity (Wildman–Crippen MR) is 53.9 cm³/mol. The lowest BCUT2D eigenvalue weighted by atomic mass is 10.1. The molecular weight excluding hydrogens is 160 g/mol. The lowest BCUT2D eigenvalue weighted by molar-refractivity contribution is 0.632. The van der Waals surface area contributed by atoms with Gasteiger partial charge in [-0.05, 0) is 19.3 Å². The lowest BCUT2D eigenvalue weighted by Gasteiger charge is -2.05. The second kappa shape index (κ2) is 3.52. The molecular formula is C11H18N2. The summed E-state index contributed by atoms with van der Waals surface area (Å²) in [6, 6.07) is 0. The van der Waals surface area contributed by atoms with E-state index in [1.807, 2.05) is 6.20 Å². The van der Waals surface area contributed by atoms with E-state index in [0.29, 0.717) is 5.92 Å². The van der Waals surface area contributed by atoms with Crippen molar-refractivity contribution in [3.8, 4) is 0 Å². The number of rotatable bonds is 4. The molecule has 0 radical (unpaired) electrons. The van der Waals surface area contributed by atoms with E-state index in [0.717, 1.165) is 5.92 Å². The molecule has 1 aromatic rings. The number of nitrogens with zero attached hydrogens (tertiary/aromatic N) is 1. The van der Waals surface area contributed by atoms with Crippen LogP contribution >= 0.6 is 0 Å². The summed E-state index contributed by atoms with van der Waals surface area (Å²) < 4.78 is 0. The Kier molecular flexibility index (Phi) is 2.38. The molecule has 1 aromatic heterocycles. The first-order valence-electron chi connectivity index (χ1n) is 5.36. The third kappa shape index (κ3) is 1.93. The van der Waals surface area contributed by atoms with Crippen molar-refractivity contribution in [1.29, 1.82) is 0 Å². The maximum atomic E-state index is 4.44. The molecule has 13 heavy (non-hydrogen) atoms. The lowest BCUT2D eigenvalue weighted by Crippen LogP contribution is -1.95. The van der Waals surface area contributed by atoms with E-state index < -0.39 is 0 Å². The third-order valence-electron chi connectivity index (χ3n) is 2.82. The fourth-order valence-corrected chi connectivity index (χ4v) is 1.77. The molecule has 2 nitrogen and oxygen atoms in total. The van der Waals surface area contributed by atoms with Crippen LogP contribution in [0.4, 0.5) is 0 Å². The smallest absolute Gasteiger partial charge is 0.109 e. The highest BCUT2D eigenvalue weighted by Crippen LogP contribution is 2.39. The van der Waals surface area contributed by atoms with E-state index in [2.05, 4.69) is 23.8 Å². The molecule has 2 rings (SSSR count). The van der Waals surface area contributed by atoms with Gasteiger partial charge in [-0.3, -0.25) is 0 Å². The second-order valence-corrected chi connectivity index (χ2v) is 4.19. The van der Waals surface area contributed by atoms with Crippen LogP contribution in [-0.2, 0) is 0 Å². The predicted octanol–water partition coefficient (Wildman–Crippen LogP) is 3.19. The van der Waals surface area contributed by atoms with Crippen molar-refractivity contribution in [3.63, 3.8) is 0 Å². The molecule has 72 valence electrons. The van der Waals surface area contributed by atoms with Gasteiger partial charge in [-0.2, -0.15) is 0 Å². The summed E-state index contributed by atoms with van der Waals surface area (Å²) in [4.78, 5) is 7.89. The molecule has 1 atom stereocenters. The van der Waals surface area contributed by atoms with Crippen LogP contribution in [0.25, 0.3) is 0 Å². The van der Waals surface area contributed by atoms with Gasteiger partial charge in [0.15, 0.2) is 0 Å². The van der Waals surface area contributed by atoms with Crippen molar-refractivity contribution < 1.29 is 0 Å². The zero-order valence-corrected chi connectivity index (χ0v) is 8.51. The van der Waals surface area contributed by atoms with Crippen molar-refractivity contribution in [1.82, 2.24) is 9.97 Å². The normalized spacial score (nSPS) is 18.9. The standard InChI is InChI=1S/C11H18N2/c1-3-4-8(2)11-12-7-10(13-11)9-5-6-9/h7-9H,3-6H2,1-2H3,(H,12,13). The van der Waals surface area contributed by atoms with Crippen molar-refractivity contribution in [2.75, 3.05) is 0 Å². The van der Waals surface area contributed by atoms with Gasteiger partial charge in [0, 0.05) is 23.7 Å². The summed E-state index contributed by atoms with van der Waals surface area (Å²) in [5.74, 6) is 2.58. The van der Waals surface area contributed by atoms with E-state index in [1.54, 1.807) is 0 Å². The highest BCUT2D eigenvalue weighted by molar-refractivity contribution is 5.14. The van der Waals surface area contributed by atoms with Crippen molar-refractivity contribution in [2.24, 2.45) is 0 Å². The van der Waals surface area contributed by atoms with Crippen LogP contribution in [0.15, 0.2) is 6.20 Å². The Hall–Kier alpha value is -0.790. The average molecular weight is 178 g/mol. The number of aromatic amines is 1. The Bertz CT molecular complexity index is 273. The Labute approximate surface area is 79.8 Å². The molecule has 0 spiro atoms. The van der Waals surface area contributed by atoms with Crippen LogP contribution in [0.2, 0.25) is 0 Å². The first-order chi connectivity index (χ1) is 6.31. The van der Waals surface area contributed by atoms with Gasteiger partial charge in [0.2, 0.25) is 0 Å². The number of nitrogens with one attached hydrogen (secondary N) is 1. The zero-order chi connectivity index (χ0) is 9.26. The topological polar surface area (TPSA) is 28.7 Å². The fourth-order valence-electron chi connectivity index (χ4n) is 1.77. The molecule has 2 heteroatoms. The van der Waals surface area contributed by atoms with Gasteiger partial charge in [-0.15, -0.1) is 0 Å². The Morgan fingerprint density at radius 1 is 1.62 bits per heavy atom. The van der Waals surface area contributed by atoms with Gasteiger partial charge in [0.1, 0.15) is 5.82 Å². The summed E-state index contributed by atoms with van der Waals surface area (Å²) in [6.45, 7) is 4.47. The Morgan fingerprint density at radius 2 is 2.38 bits per heavy atom. The molecule has 0 aromatic carbocycles. The summed E-state index contributed by atoms with van der Waals surface area (Å²) in [6.07, 6.45) is 7.20. The van der Waals surface area contributed by atoms with Gasteiger partial charge in [-0.25, -0.2) is 4.98 Å². The quantitative estimate of drug-likeness (QED) is 0.753. The van der Waals surface area contributed by atoms with Crippen molar-refractivity contribution >= 4 is 0 Å². The first kappa shape index (κ1) is 8.79. The highest BCUT2D eigenvalue weighted by Gasteiger charge is 2.25. The number of hydrogen-bond acceptors (Lipinski definition) is 1. The molecule has 1 N–H and O–H groups in total. The van der Waals surface area contributed by atoms with Gasteiger partial charge < -0.3 is 4.98 Å². The van der Waals surface area contributed by atoms with Gasteiger partial charge in [0.25, 0.3) is 0 Å². The monoisotopic (exact) mass is 178 g/mol. The molecule has 0 saturated heterocycles. The molecule has 1 aliphatic carbocycles. The average Bonchev–Trinajstić information content (AvgIpc) is 2.84. The maximum absolute atomic E-state index is 4.44. The number of aromatic nitrogens is 2.